The second-order valence-corrected chi connectivity index (χ2v) is 4.51. The zero-order chi connectivity index (χ0) is 10.9. The highest BCUT2D eigenvalue weighted by Gasteiger charge is 2.39. The minimum atomic E-state index is -0.329. The fourth-order valence-corrected chi connectivity index (χ4v) is 2.34. The maximum absolute atomic E-state index is 11.8. The molecule has 0 aliphatic carbocycles. The van der Waals surface area contributed by atoms with Crippen LogP contribution in [-0.2, 0) is 10.2 Å². The van der Waals surface area contributed by atoms with Crippen LogP contribution in [-0.4, -0.2) is 18.9 Å². The average molecular weight is 224 g/mol. The third kappa shape index (κ3) is 1.80. The zero-order valence-corrected chi connectivity index (χ0v) is 9.47. The summed E-state index contributed by atoms with van der Waals surface area (Å²) in [5, 5.41) is 3.97. The van der Waals surface area contributed by atoms with E-state index >= 15 is 0 Å². The molecule has 0 radical (unpaired) electrons. The number of halogens is 1. The Morgan fingerprint density at radius 2 is 2.07 bits per heavy atom. The molecule has 1 aromatic carbocycles. The fourth-order valence-electron chi connectivity index (χ4n) is 2.21. The molecule has 0 saturated carbocycles. The van der Waals surface area contributed by atoms with Crippen LogP contribution in [0.15, 0.2) is 24.3 Å². The van der Waals surface area contributed by atoms with E-state index in [1.165, 1.54) is 0 Å². The number of ketones is 1. The smallest absolute Gasteiger partial charge is 0.141 e. The van der Waals surface area contributed by atoms with E-state index in [4.69, 9.17) is 11.6 Å². The summed E-state index contributed by atoms with van der Waals surface area (Å²) in [6.45, 7) is 3.31. The van der Waals surface area contributed by atoms with Gasteiger partial charge < -0.3 is 5.32 Å². The van der Waals surface area contributed by atoms with Crippen molar-refractivity contribution < 1.29 is 4.79 Å². The zero-order valence-electron chi connectivity index (χ0n) is 8.72. The number of rotatable bonds is 2. The van der Waals surface area contributed by atoms with E-state index in [1.807, 2.05) is 24.3 Å². The van der Waals surface area contributed by atoms with Crippen molar-refractivity contribution in [1.29, 1.82) is 0 Å². The summed E-state index contributed by atoms with van der Waals surface area (Å²) in [6.07, 6.45) is 0.879. The van der Waals surface area contributed by atoms with Crippen molar-refractivity contribution in [3.05, 3.63) is 34.9 Å². The molecule has 1 fully saturated rings. The number of benzene rings is 1. The van der Waals surface area contributed by atoms with Crippen molar-refractivity contribution in [2.24, 2.45) is 0 Å². The van der Waals surface area contributed by atoms with Crippen LogP contribution >= 0.6 is 11.6 Å². The summed E-state index contributed by atoms with van der Waals surface area (Å²) in [6, 6.07) is 7.60. The van der Waals surface area contributed by atoms with E-state index in [0.29, 0.717) is 5.02 Å². The van der Waals surface area contributed by atoms with Crippen molar-refractivity contribution in [2.75, 3.05) is 13.1 Å². The number of Topliss-reactive ketones (excluding diaryl/α,β-unsaturated/α-hetero) is 1. The molecular formula is C12H14ClNO. The predicted octanol–water partition coefficient (Wildman–Crippen LogP) is 2.16. The first kappa shape index (κ1) is 10.7. The molecule has 1 unspecified atom stereocenters. The fraction of sp³-hybridized carbons (Fsp3) is 0.417. The highest BCUT2D eigenvalue weighted by Crippen LogP contribution is 2.32. The minimum Gasteiger partial charge on any atom is -0.315 e. The highest BCUT2D eigenvalue weighted by molar-refractivity contribution is 6.30. The van der Waals surface area contributed by atoms with E-state index in [2.05, 4.69) is 5.32 Å². The van der Waals surface area contributed by atoms with Gasteiger partial charge in [0, 0.05) is 11.6 Å². The van der Waals surface area contributed by atoms with Crippen LogP contribution in [0, 0.1) is 0 Å². The molecule has 15 heavy (non-hydrogen) atoms. The second kappa shape index (κ2) is 3.95. The molecule has 1 heterocycles. The molecule has 3 heteroatoms. The topological polar surface area (TPSA) is 29.1 Å². The molecule has 1 saturated heterocycles. The lowest BCUT2D eigenvalue weighted by atomic mass is 9.76. The standard InChI is InChI=1S/C12H14ClNO/c1-9(15)12(6-7-14-8-12)10-2-4-11(13)5-3-10/h2-5,14H,6-8H2,1H3. The Kier molecular flexibility index (Phi) is 2.81. The van der Waals surface area contributed by atoms with E-state index in [-0.39, 0.29) is 11.2 Å². The number of carbonyl (C=O) groups excluding carboxylic acids is 1. The highest BCUT2D eigenvalue weighted by atomic mass is 35.5. The van der Waals surface area contributed by atoms with Gasteiger partial charge in [-0.15, -0.1) is 0 Å². The van der Waals surface area contributed by atoms with Crippen molar-refractivity contribution in [2.45, 2.75) is 18.8 Å². The Morgan fingerprint density at radius 3 is 2.53 bits per heavy atom. The third-order valence-electron chi connectivity index (χ3n) is 3.23. The first-order valence-electron chi connectivity index (χ1n) is 5.13. The minimum absolute atomic E-state index is 0.231. The number of hydrogen-bond donors (Lipinski definition) is 1. The van der Waals surface area contributed by atoms with Gasteiger partial charge in [-0.05, 0) is 37.6 Å². The first-order valence-corrected chi connectivity index (χ1v) is 5.51. The van der Waals surface area contributed by atoms with Gasteiger partial charge in [-0.1, -0.05) is 23.7 Å². The first-order chi connectivity index (χ1) is 7.15. The van der Waals surface area contributed by atoms with Crippen LogP contribution in [0.4, 0.5) is 0 Å². The van der Waals surface area contributed by atoms with Crippen molar-refractivity contribution in [3.8, 4) is 0 Å². The van der Waals surface area contributed by atoms with Crippen LogP contribution < -0.4 is 5.32 Å². The molecule has 0 amide bonds. The Bertz CT molecular complexity index is 366. The Labute approximate surface area is 94.6 Å². The van der Waals surface area contributed by atoms with Gasteiger partial charge in [-0.2, -0.15) is 0 Å². The van der Waals surface area contributed by atoms with Gasteiger partial charge in [0.1, 0.15) is 5.78 Å². The quantitative estimate of drug-likeness (QED) is 0.833. The summed E-state index contributed by atoms with van der Waals surface area (Å²) in [5.74, 6) is 0.231. The van der Waals surface area contributed by atoms with Gasteiger partial charge in [0.2, 0.25) is 0 Å². The lowest BCUT2D eigenvalue weighted by molar-refractivity contribution is -0.121. The lowest BCUT2D eigenvalue weighted by Crippen LogP contribution is -2.36. The molecule has 2 nitrogen and oxygen atoms in total. The largest absolute Gasteiger partial charge is 0.315 e. The molecule has 80 valence electrons. The molecule has 1 aliphatic rings. The van der Waals surface area contributed by atoms with Crippen LogP contribution in [0.25, 0.3) is 0 Å². The molecular weight excluding hydrogens is 210 g/mol. The summed E-state index contributed by atoms with van der Waals surface area (Å²) >= 11 is 5.84. The van der Waals surface area contributed by atoms with Crippen LogP contribution in [0.3, 0.4) is 0 Å². The molecule has 0 spiro atoms. The number of nitrogens with one attached hydrogen (secondary N) is 1. The molecule has 2 rings (SSSR count). The number of carbonyl (C=O) groups is 1. The van der Waals surface area contributed by atoms with Gasteiger partial charge in [0.05, 0.1) is 5.41 Å². The molecule has 0 aromatic heterocycles. The summed E-state index contributed by atoms with van der Waals surface area (Å²) in [5.41, 5.74) is 0.745. The monoisotopic (exact) mass is 223 g/mol. The van der Waals surface area contributed by atoms with Gasteiger partial charge in [-0.25, -0.2) is 0 Å². The average Bonchev–Trinajstić information content (AvgIpc) is 2.69. The van der Waals surface area contributed by atoms with E-state index in [0.717, 1.165) is 25.1 Å². The van der Waals surface area contributed by atoms with E-state index in [1.54, 1.807) is 6.92 Å². The summed E-state index contributed by atoms with van der Waals surface area (Å²) in [7, 11) is 0. The second-order valence-electron chi connectivity index (χ2n) is 4.07. The molecule has 1 aliphatic heterocycles. The van der Waals surface area contributed by atoms with Crippen LogP contribution in [0.1, 0.15) is 18.9 Å². The van der Waals surface area contributed by atoms with Gasteiger partial charge in [0.25, 0.3) is 0 Å². The van der Waals surface area contributed by atoms with E-state index in [9.17, 15) is 4.79 Å². The predicted molar refractivity (Wildman–Crippen MR) is 61.3 cm³/mol. The normalized spacial score (nSPS) is 25.5. The maximum Gasteiger partial charge on any atom is 0.141 e. The maximum atomic E-state index is 11.8. The summed E-state index contributed by atoms with van der Waals surface area (Å²) < 4.78 is 0. The van der Waals surface area contributed by atoms with E-state index < -0.39 is 0 Å². The molecule has 1 aromatic rings. The summed E-state index contributed by atoms with van der Waals surface area (Å²) in [4.78, 5) is 11.8. The van der Waals surface area contributed by atoms with Crippen LogP contribution in [0.5, 0.6) is 0 Å². The van der Waals surface area contributed by atoms with Gasteiger partial charge in [-0.3, -0.25) is 4.79 Å². The van der Waals surface area contributed by atoms with Crippen molar-refractivity contribution >= 4 is 17.4 Å². The molecule has 0 bridgehead atoms. The third-order valence-corrected chi connectivity index (χ3v) is 3.48. The molecule has 1 N–H and O–H groups in total. The Morgan fingerprint density at radius 1 is 1.40 bits per heavy atom. The van der Waals surface area contributed by atoms with Crippen LogP contribution in [0.2, 0.25) is 5.02 Å². The Hall–Kier alpha value is -0.860. The number of hydrogen-bond acceptors (Lipinski definition) is 2. The van der Waals surface area contributed by atoms with Gasteiger partial charge >= 0.3 is 0 Å². The molecule has 1 atom stereocenters. The van der Waals surface area contributed by atoms with Gasteiger partial charge in [0.15, 0.2) is 0 Å². The Balaban J connectivity index is 2.41. The lowest BCUT2D eigenvalue weighted by Gasteiger charge is -2.25. The SMILES string of the molecule is CC(=O)C1(c2ccc(Cl)cc2)CCNC1. The van der Waals surface area contributed by atoms with Crippen molar-refractivity contribution in [1.82, 2.24) is 5.32 Å². The van der Waals surface area contributed by atoms with Crippen molar-refractivity contribution in [3.63, 3.8) is 0 Å².